The molecule has 0 N–H and O–H groups in total. The van der Waals surface area contributed by atoms with Crippen molar-refractivity contribution in [3.8, 4) is 0 Å². The van der Waals surface area contributed by atoms with E-state index in [4.69, 9.17) is 0 Å². The van der Waals surface area contributed by atoms with Gasteiger partial charge in [-0.3, -0.25) is 0 Å². The molecule has 96 valence electrons. The largest absolute Gasteiger partial charge is 0.303 e. The summed E-state index contributed by atoms with van der Waals surface area (Å²) in [6.45, 7) is 8.35. The highest BCUT2D eigenvalue weighted by molar-refractivity contribution is 5.52. The summed E-state index contributed by atoms with van der Waals surface area (Å²) >= 11 is 0. The van der Waals surface area contributed by atoms with Crippen LogP contribution < -0.4 is 0 Å². The van der Waals surface area contributed by atoms with Crippen LogP contribution in [0.3, 0.4) is 0 Å². The minimum absolute atomic E-state index is 0.273. The van der Waals surface area contributed by atoms with Crippen LogP contribution >= 0.6 is 0 Å². The molecule has 0 aliphatic carbocycles. The zero-order valence-electron chi connectivity index (χ0n) is 11.4. The van der Waals surface area contributed by atoms with Gasteiger partial charge in [-0.05, 0) is 12.3 Å². The smallest absolute Gasteiger partial charge is 0.122 e. The van der Waals surface area contributed by atoms with E-state index in [9.17, 15) is 9.59 Å². The Morgan fingerprint density at radius 3 is 2.00 bits per heavy atom. The van der Waals surface area contributed by atoms with Crippen molar-refractivity contribution in [2.75, 3.05) is 0 Å². The Balaban J connectivity index is 0. The molecule has 0 saturated heterocycles. The second-order valence-electron chi connectivity index (χ2n) is 4.55. The van der Waals surface area contributed by atoms with Crippen molar-refractivity contribution in [2.45, 2.75) is 66.2 Å². The van der Waals surface area contributed by atoms with Gasteiger partial charge in [-0.2, -0.15) is 0 Å². The molecule has 0 heterocycles. The van der Waals surface area contributed by atoms with E-state index in [2.05, 4.69) is 20.8 Å². The topological polar surface area (TPSA) is 34.1 Å². The molecular formula is C14H28O2. The summed E-state index contributed by atoms with van der Waals surface area (Å²) in [5, 5.41) is 0. The van der Waals surface area contributed by atoms with Gasteiger partial charge in [-0.1, -0.05) is 53.4 Å². The van der Waals surface area contributed by atoms with E-state index >= 15 is 0 Å². The Kier molecular flexibility index (Phi) is 15.9. The van der Waals surface area contributed by atoms with Gasteiger partial charge in [-0.15, -0.1) is 0 Å². The van der Waals surface area contributed by atoms with E-state index in [1.807, 2.05) is 6.92 Å². The molecule has 0 fully saturated rings. The molecule has 0 aromatic carbocycles. The van der Waals surface area contributed by atoms with Crippen molar-refractivity contribution in [1.29, 1.82) is 0 Å². The molecule has 2 nitrogen and oxygen atoms in total. The Bertz CT molecular complexity index is 155. The number of unbranched alkanes of at least 4 members (excludes halogenated alkanes) is 1. The van der Waals surface area contributed by atoms with Crippen molar-refractivity contribution in [3.63, 3.8) is 0 Å². The quantitative estimate of drug-likeness (QED) is 0.588. The monoisotopic (exact) mass is 228 g/mol. The average Bonchev–Trinajstić information content (AvgIpc) is 2.27. The van der Waals surface area contributed by atoms with Gasteiger partial charge in [-0.25, -0.2) is 0 Å². The Morgan fingerprint density at radius 2 is 1.62 bits per heavy atom. The van der Waals surface area contributed by atoms with Crippen LogP contribution in [0.4, 0.5) is 0 Å². The molecule has 0 aromatic heterocycles. The van der Waals surface area contributed by atoms with Gasteiger partial charge in [0.25, 0.3) is 0 Å². The fourth-order valence-electron chi connectivity index (χ4n) is 1.37. The molecule has 2 heteroatoms. The van der Waals surface area contributed by atoms with Gasteiger partial charge >= 0.3 is 0 Å². The highest BCUT2D eigenvalue weighted by Crippen LogP contribution is 2.06. The molecular weight excluding hydrogens is 200 g/mol. The third-order valence-electron chi connectivity index (χ3n) is 2.53. The van der Waals surface area contributed by atoms with E-state index in [1.54, 1.807) is 0 Å². The summed E-state index contributed by atoms with van der Waals surface area (Å²) in [5.41, 5.74) is 0. The number of carbonyl (C=O) groups is 2. The Hall–Kier alpha value is -0.660. The number of rotatable bonds is 8. The molecule has 16 heavy (non-hydrogen) atoms. The normalized spacial score (nSPS) is 13.2. The van der Waals surface area contributed by atoms with Crippen LogP contribution in [0.25, 0.3) is 0 Å². The maximum atomic E-state index is 10.0. The molecule has 0 aromatic rings. The van der Waals surface area contributed by atoms with Crippen molar-refractivity contribution >= 4 is 12.6 Å². The van der Waals surface area contributed by atoms with Crippen LogP contribution in [-0.2, 0) is 9.59 Å². The zero-order valence-corrected chi connectivity index (χ0v) is 11.4. The van der Waals surface area contributed by atoms with E-state index in [0.717, 1.165) is 25.4 Å². The first-order valence-electron chi connectivity index (χ1n) is 6.51. The van der Waals surface area contributed by atoms with Crippen molar-refractivity contribution in [2.24, 2.45) is 11.8 Å². The number of carbonyl (C=O) groups excluding carboxylic acids is 2. The Morgan fingerprint density at radius 1 is 1.00 bits per heavy atom. The molecule has 2 unspecified atom stereocenters. The lowest BCUT2D eigenvalue weighted by atomic mass is 10.0. The standard InChI is InChI=1S/2C7H14O/c1-3-4-7(2)5-6-8;1-3-4-5-7(2)6-8/h2*6-7H,3-5H2,1-2H3. The average molecular weight is 228 g/mol. The lowest BCUT2D eigenvalue weighted by Crippen LogP contribution is -1.93. The third-order valence-corrected chi connectivity index (χ3v) is 2.53. The molecule has 0 aliphatic heterocycles. The minimum atomic E-state index is 0.273. The van der Waals surface area contributed by atoms with E-state index in [0.29, 0.717) is 5.92 Å². The van der Waals surface area contributed by atoms with Crippen LogP contribution in [0.1, 0.15) is 66.2 Å². The number of aldehydes is 2. The van der Waals surface area contributed by atoms with Crippen molar-refractivity contribution in [1.82, 2.24) is 0 Å². The summed E-state index contributed by atoms with van der Waals surface area (Å²) in [5.74, 6) is 0.868. The number of hydrogen-bond donors (Lipinski definition) is 0. The molecule has 2 atom stereocenters. The summed E-state index contributed by atoms with van der Waals surface area (Å²) < 4.78 is 0. The molecule has 0 saturated carbocycles. The van der Waals surface area contributed by atoms with Crippen LogP contribution in [0.15, 0.2) is 0 Å². The minimum Gasteiger partial charge on any atom is -0.303 e. The summed E-state index contributed by atoms with van der Waals surface area (Å²) in [7, 11) is 0. The van der Waals surface area contributed by atoms with Crippen LogP contribution in [-0.4, -0.2) is 12.6 Å². The van der Waals surface area contributed by atoms with Gasteiger partial charge in [0.2, 0.25) is 0 Å². The van der Waals surface area contributed by atoms with Crippen molar-refractivity contribution < 1.29 is 9.59 Å². The third kappa shape index (κ3) is 15.8. The first-order chi connectivity index (χ1) is 7.62. The van der Waals surface area contributed by atoms with Crippen LogP contribution in [0.5, 0.6) is 0 Å². The predicted molar refractivity (Wildman–Crippen MR) is 69.5 cm³/mol. The van der Waals surface area contributed by atoms with Gasteiger partial charge in [0, 0.05) is 12.3 Å². The molecule has 0 aliphatic rings. The predicted octanol–water partition coefficient (Wildman–Crippen LogP) is 4.02. The van der Waals surface area contributed by atoms with E-state index in [1.165, 1.54) is 25.7 Å². The first kappa shape index (κ1) is 17.7. The van der Waals surface area contributed by atoms with Crippen LogP contribution in [0, 0.1) is 11.8 Å². The molecule has 0 rings (SSSR count). The molecule has 0 radical (unpaired) electrons. The molecule has 0 spiro atoms. The number of hydrogen-bond acceptors (Lipinski definition) is 2. The molecule has 0 bridgehead atoms. The lowest BCUT2D eigenvalue weighted by Gasteiger charge is -2.01. The SMILES string of the molecule is CCCC(C)CC=O.CCCCC(C)C=O. The highest BCUT2D eigenvalue weighted by atomic mass is 16.1. The first-order valence-corrected chi connectivity index (χ1v) is 6.51. The maximum absolute atomic E-state index is 10.0. The van der Waals surface area contributed by atoms with Gasteiger partial charge < -0.3 is 9.59 Å². The fraction of sp³-hybridized carbons (Fsp3) is 0.857. The van der Waals surface area contributed by atoms with Crippen LogP contribution in [0.2, 0.25) is 0 Å². The van der Waals surface area contributed by atoms with E-state index in [-0.39, 0.29) is 5.92 Å². The molecule has 0 amide bonds. The van der Waals surface area contributed by atoms with Gasteiger partial charge in [0.05, 0.1) is 0 Å². The fourth-order valence-corrected chi connectivity index (χ4v) is 1.37. The Labute approximate surface area is 101 Å². The summed E-state index contributed by atoms with van der Waals surface area (Å²) in [4.78, 5) is 19.9. The second-order valence-corrected chi connectivity index (χ2v) is 4.55. The lowest BCUT2D eigenvalue weighted by molar-refractivity contribution is -0.111. The maximum Gasteiger partial charge on any atom is 0.122 e. The van der Waals surface area contributed by atoms with Crippen molar-refractivity contribution in [3.05, 3.63) is 0 Å². The summed E-state index contributed by atoms with van der Waals surface area (Å²) in [6.07, 6.45) is 8.55. The zero-order chi connectivity index (χ0) is 12.8. The summed E-state index contributed by atoms with van der Waals surface area (Å²) in [6, 6.07) is 0. The van der Waals surface area contributed by atoms with Gasteiger partial charge in [0.1, 0.15) is 12.6 Å². The van der Waals surface area contributed by atoms with Gasteiger partial charge in [0.15, 0.2) is 0 Å². The highest BCUT2D eigenvalue weighted by Gasteiger charge is 1.96. The van der Waals surface area contributed by atoms with E-state index < -0.39 is 0 Å². The second kappa shape index (κ2) is 14.3.